The first-order valence-corrected chi connectivity index (χ1v) is 12.6. The monoisotopic (exact) mass is 443 g/mol. The van der Waals surface area contributed by atoms with Gasteiger partial charge in [-0.15, -0.1) is 0 Å². The van der Waals surface area contributed by atoms with Crippen molar-refractivity contribution in [2.75, 3.05) is 7.11 Å². The Morgan fingerprint density at radius 2 is 1.64 bits per heavy atom. The molecule has 0 radical (unpaired) electrons. The fourth-order valence-corrected chi connectivity index (χ4v) is 4.50. The second-order valence-electron chi connectivity index (χ2n) is 9.03. The van der Waals surface area contributed by atoms with Crippen LogP contribution in [0.5, 0.6) is 5.75 Å². The fourth-order valence-electron chi connectivity index (χ4n) is 4.50. The van der Waals surface area contributed by atoms with Crippen LogP contribution in [0.25, 0.3) is 17.8 Å². The van der Waals surface area contributed by atoms with Crippen LogP contribution in [0.1, 0.15) is 76.1 Å². The number of hydrogen-bond acceptors (Lipinski definition) is 2. The first kappa shape index (κ1) is 23.2. The van der Waals surface area contributed by atoms with Gasteiger partial charge in [-0.2, -0.15) is 0 Å². The average molecular weight is 444 g/mol. The van der Waals surface area contributed by atoms with E-state index in [1.807, 2.05) is 24.3 Å². The predicted octanol–water partition coefficient (Wildman–Crippen LogP) is 4.48. The van der Waals surface area contributed by atoms with Crippen molar-refractivity contribution in [2.24, 2.45) is 4.99 Å². The number of nitrogens with one attached hydrogen (secondary N) is 2. The van der Waals surface area contributed by atoms with Gasteiger partial charge >= 0.3 is 0 Å². The molecule has 1 aliphatic rings. The second kappa shape index (κ2) is 11.7. The minimum Gasteiger partial charge on any atom is -0.494 e. The number of methoxy groups -OCH3 is 1. The predicted molar refractivity (Wildman–Crippen MR) is 137 cm³/mol. The summed E-state index contributed by atoms with van der Waals surface area (Å²) in [5.41, 5.74) is 3.33. The summed E-state index contributed by atoms with van der Waals surface area (Å²) in [6.07, 6.45) is 17.6. The zero-order chi connectivity index (χ0) is 22.9. The van der Waals surface area contributed by atoms with Crippen molar-refractivity contribution in [3.63, 3.8) is 0 Å². The molecular formula is C29H37N3O. The van der Waals surface area contributed by atoms with Gasteiger partial charge in [-0.3, -0.25) is 0 Å². The summed E-state index contributed by atoms with van der Waals surface area (Å²) >= 11 is 0. The van der Waals surface area contributed by atoms with E-state index in [-0.39, 0.29) is 0 Å². The minimum atomic E-state index is 0.826. The van der Waals surface area contributed by atoms with Crippen molar-refractivity contribution in [3.8, 4) is 5.75 Å². The molecule has 1 aliphatic heterocycles. The number of aromatic amines is 2. The number of hydrogen-bond donors (Lipinski definition) is 2. The molecule has 0 amide bonds. The Hall–Kier alpha value is -3.01. The lowest BCUT2D eigenvalue weighted by Gasteiger charge is -2.01. The number of rotatable bonds is 12. The molecule has 0 fully saturated rings. The number of aromatic nitrogens is 2. The van der Waals surface area contributed by atoms with Crippen LogP contribution in [0.3, 0.4) is 0 Å². The van der Waals surface area contributed by atoms with Gasteiger partial charge in [-0.25, -0.2) is 4.99 Å². The molecule has 0 atom stereocenters. The highest BCUT2D eigenvalue weighted by atomic mass is 16.5. The van der Waals surface area contributed by atoms with Crippen LogP contribution >= 0.6 is 0 Å². The molecule has 2 N–H and O–H groups in total. The van der Waals surface area contributed by atoms with Gasteiger partial charge in [0.2, 0.25) is 0 Å². The summed E-state index contributed by atoms with van der Waals surface area (Å²) < 4.78 is 5.63. The third-order valence-electron chi connectivity index (χ3n) is 6.39. The molecule has 3 aromatic rings. The zero-order valence-electron chi connectivity index (χ0n) is 20.1. The van der Waals surface area contributed by atoms with E-state index in [0.29, 0.717) is 0 Å². The number of ether oxygens (including phenoxy) is 1. The summed E-state index contributed by atoms with van der Waals surface area (Å²) in [6.45, 7) is 2.28. The number of benzene rings is 1. The maximum Gasteiger partial charge on any atom is 0.144 e. The molecule has 174 valence electrons. The Bertz CT molecular complexity index is 1240. The second-order valence-corrected chi connectivity index (χ2v) is 9.03. The average Bonchev–Trinajstić information content (AvgIpc) is 3.56. The number of para-hydroxylation sites is 1. The summed E-state index contributed by atoms with van der Waals surface area (Å²) in [5.74, 6) is 0.826. The van der Waals surface area contributed by atoms with E-state index in [2.05, 4.69) is 47.2 Å². The quantitative estimate of drug-likeness (QED) is 0.399. The largest absolute Gasteiger partial charge is 0.494 e. The van der Waals surface area contributed by atoms with Crippen LogP contribution in [0.2, 0.25) is 0 Å². The molecule has 3 heterocycles. The first-order valence-electron chi connectivity index (χ1n) is 12.6. The summed E-state index contributed by atoms with van der Waals surface area (Å²) in [5, 5.41) is 4.08. The molecule has 0 aliphatic carbocycles. The van der Waals surface area contributed by atoms with Crippen LogP contribution in [0.4, 0.5) is 0 Å². The summed E-state index contributed by atoms with van der Waals surface area (Å²) in [4.78, 5) is 11.8. The van der Waals surface area contributed by atoms with E-state index in [9.17, 15) is 0 Å². The van der Waals surface area contributed by atoms with Crippen molar-refractivity contribution in [1.29, 1.82) is 0 Å². The van der Waals surface area contributed by atoms with E-state index in [4.69, 9.17) is 9.73 Å². The third kappa shape index (κ3) is 6.28. The third-order valence-corrected chi connectivity index (χ3v) is 6.39. The Morgan fingerprint density at radius 3 is 2.39 bits per heavy atom. The number of unbranched alkanes of at least 4 members (excludes halogenated alkanes) is 8. The maximum atomic E-state index is 5.63. The Labute approximate surface area is 196 Å². The molecule has 4 nitrogen and oxygen atoms in total. The van der Waals surface area contributed by atoms with Gasteiger partial charge in [0.05, 0.1) is 28.9 Å². The highest BCUT2D eigenvalue weighted by Gasteiger charge is 2.06. The summed E-state index contributed by atoms with van der Waals surface area (Å²) in [6, 6.07) is 14.6. The molecule has 0 unspecified atom stereocenters. The smallest absolute Gasteiger partial charge is 0.144 e. The van der Waals surface area contributed by atoms with Crippen molar-refractivity contribution >= 4 is 17.8 Å². The van der Waals surface area contributed by atoms with E-state index < -0.39 is 0 Å². The number of H-pyrrole nitrogens is 2. The highest BCUT2D eigenvalue weighted by molar-refractivity contribution is 5.76. The normalized spacial score (nSPS) is 14.8. The van der Waals surface area contributed by atoms with E-state index in [0.717, 1.165) is 44.8 Å². The lowest BCUT2D eigenvalue weighted by molar-refractivity contribution is 0.412. The van der Waals surface area contributed by atoms with Crippen LogP contribution in [-0.2, 0) is 6.42 Å². The standard InChI is InChI=1S/C29H37N3O/c1-3-4-5-6-7-8-9-10-11-15-23-17-18-24(30-23)20-28-29(33-2)21-27(32-28)26-19-22-14-12-13-16-25(22)31-26/h12-14,16-21,30,32H,3-11,15H2,1-2H3/b27-26+,28-20-. The molecule has 0 saturated heterocycles. The maximum absolute atomic E-state index is 5.63. The molecule has 4 heteroatoms. The molecular weight excluding hydrogens is 406 g/mol. The Balaban J connectivity index is 1.37. The molecule has 33 heavy (non-hydrogen) atoms. The lowest BCUT2D eigenvalue weighted by Crippen LogP contribution is -2.19. The first-order chi connectivity index (χ1) is 16.3. The Morgan fingerprint density at radius 1 is 0.879 bits per heavy atom. The van der Waals surface area contributed by atoms with E-state index in [1.54, 1.807) is 7.11 Å². The molecule has 0 bridgehead atoms. The van der Waals surface area contributed by atoms with Crippen molar-refractivity contribution in [2.45, 2.75) is 71.1 Å². The van der Waals surface area contributed by atoms with Gasteiger partial charge in [0, 0.05) is 22.7 Å². The fraction of sp³-hybridized carbons (Fsp3) is 0.414. The summed E-state index contributed by atoms with van der Waals surface area (Å²) in [7, 11) is 1.71. The van der Waals surface area contributed by atoms with E-state index >= 15 is 0 Å². The van der Waals surface area contributed by atoms with Gasteiger partial charge in [0.15, 0.2) is 0 Å². The number of aryl methyl sites for hydroxylation is 1. The topological polar surface area (TPSA) is 53.2 Å². The lowest BCUT2D eigenvalue weighted by atomic mass is 10.1. The highest BCUT2D eigenvalue weighted by Crippen LogP contribution is 2.12. The van der Waals surface area contributed by atoms with Crippen molar-refractivity contribution < 1.29 is 4.74 Å². The van der Waals surface area contributed by atoms with Gasteiger partial charge in [0.1, 0.15) is 5.75 Å². The zero-order valence-corrected chi connectivity index (χ0v) is 20.1. The van der Waals surface area contributed by atoms with Crippen LogP contribution < -0.4 is 26.0 Å². The van der Waals surface area contributed by atoms with Gasteiger partial charge in [-0.1, -0.05) is 76.5 Å². The van der Waals surface area contributed by atoms with Crippen molar-refractivity contribution in [1.82, 2.24) is 9.97 Å². The molecule has 0 spiro atoms. The van der Waals surface area contributed by atoms with Crippen molar-refractivity contribution in [3.05, 3.63) is 75.1 Å². The molecule has 0 saturated carbocycles. The van der Waals surface area contributed by atoms with E-state index in [1.165, 1.54) is 63.5 Å². The van der Waals surface area contributed by atoms with Gasteiger partial charge in [0.25, 0.3) is 0 Å². The SMILES string of the molecule is CCCCCCCCCCCc1ccc(/C=c2\[nH]/c(=C3\C=c4ccccc4=N3)cc2OC)[nH]1. The molecule has 2 aromatic heterocycles. The number of fused-ring (bicyclic) bond motifs is 1. The van der Waals surface area contributed by atoms with Gasteiger partial charge in [-0.05, 0) is 43.2 Å². The Kier molecular flexibility index (Phi) is 8.24. The minimum absolute atomic E-state index is 0.826. The van der Waals surface area contributed by atoms with Gasteiger partial charge < -0.3 is 14.7 Å². The van der Waals surface area contributed by atoms with Crippen LogP contribution in [0.15, 0.2) is 47.5 Å². The van der Waals surface area contributed by atoms with Crippen LogP contribution in [-0.4, -0.2) is 17.1 Å². The number of nitrogens with zero attached hydrogens (tertiary/aromatic N) is 1. The van der Waals surface area contributed by atoms with Crippen LogP contribution in [0, 0.1) is 0 Å². The molecule has 4 rings (SSSR count). The molecule has 1 aromatic carbocycles.